The number of thioether (sulfide) groups is 1. The van der Waals surface area contributed by atoms with Crippen molar-refractivity contribution in [2.75, 3.05) is 57.8 Å². The number of piperazine rings is 1. The Morgan fingerprint density at radius 3 is 2.20 bits per heavy atom. The molecule has 2 aliphatic rings. The Labute approximate surface area is 182 Å². The maximum atomic E-state index is 13.4. The predicted octanol–water partition coefficient (Wildman–Crippen LogP) is 2.48. The van der Waals surface area contributed by atoms with Gasteiger partial charge in [0.2, 0.25) is 10.0 Å². The van der Waals surface area contributed by atoms with Gasteiger partial charge in [-0.05, 0) is 36.4 Å². The van der Waals surface area contributed by atoms with Crippen LogP contribution in [0.4, 0.5) is 0 Å². The molecule has 2 aromatic rings. The van der Waals surface area contributed by atoms with E-state index in [0.29, 0.717) is 44.8 Å². The summed E-state index contributed by atoms with van der Waals surface area (Å²) in [5.74, 6) is 1.73. The number of nitrogens with zero attached hydrogens (tertiary/aromatic N) is 3. The molecule has 0 saturated carbocycles. The lowest BCUT2D eigenvalue weighted by Crippen LogP contribution is -2.47. The number of carbonyl (C=O) groups is 1. The molecule has 2 fully saturated rings. The average molecular weight is 446 g/mol. The molecule has 1 amide bonds. The van der Waals surface area contributed by atoms with Crippen molar-refractivity contribution >= 4 is 27.7 Å². The minimum Gasteiger partial charge on any atom is -0.337 e. The zero-order valence-electron chi connectivity index (χ0n) is 17.2. The molecule has 0 aliphatic carbocycles. The molecule has 0 atom stereocenters. The van der Waals surface area contributed by atoms with Crippen LogP contribution in [0.25, 0.3) is 11.1 Å². The second-order valence-corrected chi connectivity index (χ2v) is 10.9. The Kier molecular flexibility index (Phi) is 6.48. The summed E-state index contributed by atoms with van der Waals surface area (Å²) in [6, 6.07) is 14.7. The molecular formula is C22H27N3O3S2. The van der Waals surface area contributed by atoms with Gasteiger partial charge in [0.1, 0.15) is 0 Å². The first-order valence-electron chi connectivity index (χ1n) is 10.2. The van der Waals surface area contributed by atoms with Gasteiger partial charge in [-0.2, -0.15) is 16.1 Å². The third-order valence-electron chi connectivity index (χ3n) is 5.66. The Morgan fingerprint density at radius 1 is 0.867 bits per heavy atom. The van der Waals surface area contributed by atoms with Crippen LogP contribution in [0.15, 0.2) is 53.4 Å². The van der Waals surface area contributed by atoms with Crippen LogP contribution in [-0.2, 0) is 10.0 Å². The highest BCUT2D eigenvalue weighted by atomic mass is 32.2. The van der Waals surface area contributed by atoms with Crippen LogP contribution < -0.4 is 0 Å². The van der Waals surface area contributed by atoms with Crippen molar-refractivity contribution in [2.45, 2.75) is 4.90 Å². The van der Waals surface area contributed by atoms with Gasteiger partial charge in [-0.1, -0.05) is 30.3 Å². The number of benzene rings is 2. The van der Waals surface area contributed by atoms with Gasteiger partial charge in [-0.3, -0.25) is 4.79 Å². The van der Waals surface area contributed by atoms with E-state index in [2.05, 4.69) is 4.90 Å². The SMILES string of the molecule is CN1CCN(S(=O)(=O)c2cc(C(=O)N3CCSCC3)cc(-c3ccccc3)c2)CC1. The van der Waals surface area contributed by atoms with Crippen molar-refractivity contribution in [1.29, 1.82) is 0 Å². The molecule has 2 aliphatic heterocycles. The summed E-state index contributed by atoms with van der Waals surface area (Å²) >= 11 is 1.84. The van der Waals surface area contributed by atoms with E-state index in [0.717, 1.165) is 22.6 Å². The standard InChI is InChI=1S/C22H27N3O3S2/c1-23-7-9-25(10-8-23)30(27,28)21-16-19(18-5-3-2-4-6-18)15-20(17-21)22(26)24-11-13-29-14-12-24/h2-6,15-17H,7-14H2,1H3. The Balaban J connectivity index is 1.74. The number of sulfonamides is 1. The van der Waals surface area contributed by atoms with E-state index in [-0.39, 0.29) is 10.8 Å². The summed E-state index contributed by atoms with van der Waals surface area (Å²) in [6.07, 6.45) is 0. The van der Waals surface area contributed by atoms with Crippen LogP contribution >= 0.6 is 11.8 Å². The van der Waals surface area contributed by atoms with Gasteiger partial charge < -0.3 is 9.80 Å². The van der Waals surface area contributed by atoms with Crippen molar-refractivity contribution in [3.05, 3.63) is 54.1 Å². The first-order chi connectivity index (χ1) is 14.4. The van der Waals surface area contributed by atoms with E-state index in [4.69, 9.17) is 0 Å². The van der Waals surface area contributed by atoms with Gasteiger partial charge >= 0.3 is 0 Å². The summed E-state index contributed by atoms with van der Waals surface area (Å²) in [7, 11) is -1.68. The van der Waals surface area contributed by atoms with Gasteiger partial charge in [0.05, 0.1) is 4.90 Å². The molecule has 0 radical (unpaired) electrons. The Bertz CT molecular complexity index is 998. The molecule has 0 bridgehead atoms. The smallest absolute Gasteiger partial charge is 0.253 e. The number of likely N-dealkylation sites (N-methyl/N-ethyl adjacent to an activating group) is 1. The average Bonchev–Trinajstić information content (AvgIpc) is 2.80. The van der Waals surface area contributed by atoms with Gasteiger partial charge in [0, 0.05) is 56.3 Å². The molecule has 160 valence electrons. The van der Waals surface area contributed by atoms with Crippen LogP contribution in [0.5, 0.6) is 0 Å². The van der Waals surface area contributed by atoms with Crippen molar-refractivity contribution < 1.29 is 13.2 Å². The summed E-state index contributed by atoms with van der Waals surface area (Å²) < 4.78 is 28.3. The Hall–Kier alpha value is -1.87. The topological polar surface area (TPSA) is 60.9 Å². The normalized spacial score (nSPS) is 19.0. The first kappa shape index (κ1) is 21.4. The summed E-state index contributed by atoms with van der Waals surface area (Å²) in [5, 5.41) is 0. The Morgan fingerprint density at radius 2 is 1.53 bits per heavy atom. The quantitative estimate of drug-likeness (QED) is 0.724. The van der Waals surface area contributed by atoms with E-state index >= 15 is 0 Å². The number of hydrogen-bond donors (Lipinski definition) is 0. The van der Waals surface area contributed by atoms with Crippen molar-refractivity contribution in [1.82, 2.24) is 14.1 Å². The fourth-order valence-electron chi connectivity index (χ4n) is 3.80. The second kappa shape index (κ2) is 9.09. The monoisotopic (exact) mass is 445 g/mol. The van der Waals surface area contributed by atoms with E-state index in [1.807, 2.05) is 60.1 Å². The first-order valence-corrected chi connectivity index (χ1v) is 12.8. The molecule has 0 unspecified atom stereocenters. The minimum atomic E-state index is -3.67. The van der Waals surface area contributed by atoms with Crippen LogP contribution in [0.3, 0.4) is 0 Å². The number of carbonyl (C=O) groups excluding carboxylic acids is 1. The lowest BCUT2D eigenvalue weighted by atomic mass is 10.0. The van der Waals surface area contributed by atoms with Crippen molar-refractivity contribution in [3.8, 4) is 11.1 Å². The summed E-state index contributed by atoms with van der Waals surface area (Å²) in [4.78, 5) is 17.3. The maximum Gasteiger partial charge on any atom is 0.253 e. The van der Waals surface area contributed by atoms with Crippen LogP contribution in [0, 0.1) is 0 Å². The molecule has 8 heteroatoms. The van der Waals surface area contributed by atoms with Crippen LogP contribution in [0.1, 0.15) is 10.4 Å². The molecule has 0 spiro atoms. The molecule has 30 heavy (non-hydrogen) atoms. The summed E-state index contributed by atoms with van der Waals surface area (Å²) in [6.45, 7) is 3.71. The highest BCUT2D eigenvalue weighted by molar-refractivity contribution is 7.99. The van der Waals surface area contributed by atoms with Gasteiger partial charge in [-0.25, -0.2) is 8.42 Å². The molecule has 2 saturated heterocycles. The lowest BCUT2D eigenvalue weighted by molar-refractivity contribution is 0.0772. The lowest BCUT2D eigenvalue weighted by Gasteiger charge is -2.32. The third kappa shape index (κ3) is 4.56. The van der Waals surface area contributed by atoms with Crippen LogP contribution in [0.2, 0.25) is 0 Å². The highest BCUT2D eigenvalue weighted by Crippen LogP contribution is 2.28. The van der Waals surface area contributed by atoms with E-state index in [9.17, 15) is 13.2 Å². The zero-order chi connectivity index (χ0) is 21.1. The van der Waals surface area contributed by atoms with Crippen molar-refractivity contribution in [3.63, 3.8) is 0 Å². The molecular weight excluding hydrogens is 418 g/mol. The predicted molar refractivity (Wildman–Crippen MR) is 121 cm³/mol. The molecule has 0 N–H and O–H groups in total. The molecule has 2 aromatic carbocycles. The second-order valence-electron chi connectivity index (χ2n) is 7.72. The zero-order valence-corrected chi connectivity index (χ0v) is 18.8. The van der Waals surface area contributed by atoms with E-state index < -0.39 is 10.0 Å². The largest absolute Gasteiger partial charge is 0.337 e. The highest BCUT2D eigenvalue weighted by Gasteiger charge is 2.29. The third-order valence-corrected chi connectivity index (χ3v) is 8.48. The molecule has 0 aromatic heterocycles. The van der Waals surface area contributed by atoms with Gasteiger partial charge in [0.15, 0.2) is 0 Å². The number of hydrogen-bond acceptors (Lipinski definition) is 5. The number of rotatable bonds is 4. The summed E-state index contributed by atoms with van der Waals surface area (Å²) in [5.41, 5.74) is 2.09. The van der Waals surface area contributed by atoms with Crippen molar-refractivity contribution in [2.24, 2.45) is 0 Å². The molecule has 6 nitrogen and oxygen atoms in total. The van der Waals surface area contributed by atoms with Crippen LogP contribution in [-0.4, -0.2) is 86.3 Å². The fraction of sp³-hybridized carbons (Fsp3) is 0.409. The minimum absolute atomic E-state index is 0.0945. The van der Waals surface area contributed by atoms with Gasteiger partial charge in [0.25, 0.3) is 5.91 Å². The maximum absolute atomic E-state index is 13.4. The molecule has 4 rings (SSSR count). The van der Waals surface area contributed by atoms with E-state index in [1.54, 1.807) is 12.1 Å². The van der Waals surface area contributed by atoms with E-state index in [1.165, 1.54) is 4.31 Å². The van der Waals surface area contributed by atoms with Gasteiger partial charge in [-0.15, -0.1) is 0 Å². The molecule has 2 heterocycles. The number of amides is 1. The fourth-order valence-corrected chi connectivity index (χ4v) is 6.19.